The van der Waals surface area contributed by atoms with Crippen LogP contribution in [-0.4, -0.2) is 0 Å². The molecule has 0 aliphatic carbocycles. The molecule has 0 aromatic heterocycles. The van der Waals surface area contributed by atoms with Gasteiger partial charge in [0.25, 0.3) is 0 Å². The Kier molecular flexibility index (Phi) is 5.87. The summed E-state index contributed by atoms with van der Waals surface area (Å²) in [5, 5.41) is 0. The van der Waals surface area contributed by atoms with Crippen LogP contribution in [0.2, 0.25) is 0 Å². The molecule has 0 amide bonds. The molecule has 0 atom stereocenters. The van der Waals surface area contributed by atoms with E-state index >= 15 is 0 Å². The number of nitrogens with two attached hydrogens (primary N) is 2. The van der Waals surface area contributed by atoms with Gasteiger partial charge in [-0.05, 0) is 83.3 Å². The van der Waals surface area contributed by atoms with Crippen molar-refractivity contribution in [2.75, 3.05) is 11.5 Å². The Morgan fingerprint density at radius 1 is 0.652 bits per heavy atom. The third-order valence-corrected chi connectivity index (χ3v) is 4.42. The zero-order valence-electron chi connectivity index (χ0n) is 14.6. The molecule has 2 heteroatoms. The Hall–Kier alpha value is -1.96. The van der Waals surface area contributed by atoms with Crippen LogP contribution in [0.5, 0.6) is 0 Å². The number of nitrogen functional groups attached to an aromatic ring is 2. The van der Waals surface area contributed by atoms with E-state index in [1.165, 1.54) is 22.3 Å². The SMILES string of the molecule is C.Cc1cc(-c2cc(C)c(N)c(C(C)C)c2)cc(C(C)C)c1N. The van der Waals surface area contributed by atoms with Crippen LogP contribution >= 0.6 is 0 Å². The first kappa shape index (κ1) is 19.1. The maximum absolute atomic E-state index is 6.24. The first-order valence-corrected chi connectivity index (χ1v) is 8.02. The van der Waals surface area contributed by atoms with E-state index in [0.29, 0.717) is 11.8 Å². The lowest BCUT2D eigenvalue weighted by Crippen LogP contribution is -2.02. The van der Waals surface area contributed by atoms with Gasteiger partial charge >= 0.3 is 0 Å². The van der Waals surface area contributed by atoms with Gasteiger partial charge in [-0.15, -0.1) is 0 Å². The molecule has 0 heterocycles. The number of rotatable bonds is 3. The van der Waals surface area contributed by atoms with E-state index in [-0.39, 0.29) is 7.43 Å². The molecule has 23 heavy (non-hydrogen) atoms. The minimum Gasteiger partial charge on any atom is -0.398 e. The van der Waals surface area contributed by atoms with Gasteiger partial charge in [0.05, 0.1) is 0 Å². The Morgan fingerprint density at radius 2 is 0.957 bits per heavy atom. The predicted molar refractivity (Wildman–Crippen MR) is 105 cm³/mol. The molecule has 0 spiro atoms. The second-order valence-electron chi connectivity index (χ2n) is 6.90. The largest absolute Gasteiger partial charge is 0.398 e. The molecule has 0 saturated heterocycles. The summed E-state index contributed by atoms with van der Waals surface area (Å²) in [6.45, 7) is 12.9. The van der Waals surface area contributed by atoms with Gasteiger partial charge in [0.2, 0.25) is 0 Å². The van der Waals surface area contributed by atoms with Crippen LogP contribution in [0.3, 0.4) is 0 Å². The van der Waals surface area contributed by atoms with E-state index in [9.17, 15) is 0 Å². The van der Waals surface area contributed by atoms with E-state index in [2.05, 4.69) is 65.8 Å². The molecule has 2 nitrogen and oxygen atoms in total. The van der Waals surface area contributed by atoms with Crippen LogP contribution in [-0.2, 0) is 0 Å². The summed E-state index contributed by atoms with van der Waals surface area (Å²) in [6.07, 6.45) is 0. The molecule has 0 fully saturated rings. The zero-order valence-corrected chi connectivity index (χ0v) is 14.6. The number of aryl methyl sites for hydroxylation is 2. The van der Waals surface area contributed by atoms with E-state index in [1.54, 1.807) is 0 Å². The first-order valence-electron chi connectivity index (χ1n) is 8.02. The topological polar surface area (TPSA) is 52.0 Å². The smallest absolute Gasteiger partial charge is 0.0379 e. The van der Waals surface area contributed by atoms with Crippen molar-refractivity contribution in [2.45, 2.75) is 60.8 Å². The quantitative estimate of drug-likeness (QED) is 0.681. The second-order valence-corrected chi connectivity index (χ2v) is 6.90. The van der Waals surface area contributed by atoms with Gasteiger partial charge in [-0.25, -0.2) is 0 Å². The number of hydrogen-bond acceptors (Lipinski definition) is 2. The highest BCUT2D eigenvalue weighted by Gasteiger charge is 2.13. The van der Waals surface area contributed by atoms with E-state index in [4.69, 9.17) is 11.5 Å². The monoisotopic (exact) mass is 312 g/mol. The van der Waals surface area contributed by atoms with Crippen molar-refractivity contribution in [2.24, 2.45) is 0 Å². The standard InChI is InChI=1S/C20H28N2.CH4/c1-11(2)17-9-15(7-13(5)19(17)21)16-8-14(6)20(22)18(10-16)12(3)4;/h7-12H,21-22H2,1-6H3;1H4. The van der Waals surface area contributed by atoms with Crippen molar-refractivity contribution in [3.63, 3.8) is 0 Å². The highest BCUT2D eigenvalue weighted by molar-refractivity contribution is 5.74. The summed E-state index contributed by atoms with van der Waals surface area (Å²) in [6, 6.07) is 8.80. The Balaban J connectivity index is 0.00000264. The summed E-state index contributed by atoms with van der Waals surface area (Å²) >= 11 is 0. The molecule has 2 aromatic rings. The fraction of sp³-hybridized carbons (Fsp3) is 0.429. The average Bonchev–Trinajstić information content (AvgIpc) is 2.43. The second kappa shape index (κ2) is 7.08. The van der Waals surface area contributed by atoms with Crippen molar-refractivity contribution in [3.05, 3.63) is 46.5 Å². The Bertz CT molecular complexity index is 636. The van der Waals surface area contributed by atoms with Crippen LogP contribution in [0.4, 0.5) is 11.4 Å². The third-order valence-electron chi connectivity index (χ3n) is 4.42. The maximum atomic E-state index is 6.24. The van der Waals surface area contributed by atoms with E-state index in [1.807, 2.05) is 0 Å². The van der Waals surface area contributed by atoms with Gasteiger partial charge in [0, 0.05) is 11.4 Å². The lowest BCUT2D eigenvalue weighted by molar-refractivity contribution is 0.866. The van der Waals surface area contributed by atoms with Crippen molar-refractivity contribution in [1.29, 1.82) is 0 Å². The number of benzene rings is 2. The normalized spacial score (nSPS) is 11.0. The fourth-order valence-corrected chi connectivity index (χ4v) is 2.94. The number of hydrogen-bond donors (Lipinski definition) is 2. The van der Waals surface area contributed by atoms with Crippen LogP contribution in [0.15, 0.2) is 24.3 Å². The van der Waals surface area contributed by atoms with Crippen LogP contribution in [0, 0.1) is 13.8 Å². The molecule has 2 rings (SSSR count). The zero-order chi connectivity index (χ0) is 16.6. The predicted octanol–water partition coefficient (Wildman–Crippen LogP) is 6.02. The summed E-state index contributed by atoms with van der Waals surface area (Å²) in [7, 11) is 0. The molecule has 0 radical (unpaired) electrons. The molecule has 126 valence electrons. The van der Waals surface area contributed by atoms with Crippen molar-refractivity contribution < 1.29 is 0 Å². The molecule has 0 bridgehead atoms. The molecule has 0 saturated carbocycles. The fourth-order valence-electron chi connectivity index (χ4n) is 2.94. The van der Waals surface area contributed by atoms with Crippen LogP contribution < -0.4 is 11.5 Å². The Labute approximate surface area is 141 Å². The highest BCUT2D eigenvalue weighted by atomic mass is 14.6. The summed E-state index contributed by atoms with van der Waals surface area (Å²) < 4.78 is 0. The Morgan fingerprint density at radius 3 is 1.22 bits per heavy atom. The van der Waals surface area contributed by atoms with E-state index in [0.717, 1.165) is 22.5 Å². The van der Waals surface area contributed by atoms with Gasteiger partial charge < -0.3 is 11.5 Å². The first-order chi connectivity index (χ1) is 10.2. The van der Waals surface area contributed by atoms with E-state index < -0.39 is 0 Å². The van der Waals surface area contributed by atoms with Crippen molar-refractivity contribution in [1.82, 2.24) is 0 Å². The molecular weight excluding hydrogens is 280 g/mol. The van der Waals surface area contributed by atoms with Gasteiger partial charge in [0.15, 0.2) is 0 Å². The molecule has 0 aliphatic rings. The lowest BCUT2D eigenvalue weighted by atomic mass is 9.89. The average molecular weight is 313 g/mol. The minimum atomic E-state index is 0. The van der Waals surface area contributed by atoms with Gasteiger partial charge in [-0.3, -0.25) is 0 Å². The molecular formula is C21H32N2. The minimum absolute atomic E-state index is 0. The molecule has 4 N–H and O–H groups in total. The van der Waals surface area contributed by atoms with Crippen molar-refractivity contribution >= 4 is 11.4 Å². The van der Waals surface area contributed by atoms with Gasteiger partial charge in [0.1, 0.15) is 0 Å². The number of anilines is 2. The summed E-state index contributed by atoms with van der Waals surface area (Å²) in [5.74, 6) is 0.830. The summed E-state index contributed by atoms with van der Waals surface area (Å²) in [4.78, 5) is 0. The van der Waals surface area contributed by atoms with Crippen LogP contribution in [0.25, 0.3) is 11.1 Å². The molecule has 2 aromatic carbocycles. The summed E-state index contributed by atoms with van der Waals surface area (Å²) in [5.41, 5.74) is 21.5. The maximum Gasteiger partial charge on any atom is 0.0379 e. The van der Waals surface area contributed by atoms with Gasteiger partial charge in [-0.1, -0.05) is 35.1 Å². The van der Waals surface area contributed by atoms with Gasteiger partial charge in [-0.2, -0.15) is 0 Å². The van der Waals surface area contributed by atoms with Crippen LogP contribution in [0.1, 0.15) is 69.2 Å². The molecule has 0 unspecified atom stereocenters. The lowest BCUT2D eigenvalue weighted by Gasteiger charge is -2.18. The van der Waals surface area contributed by atoms with Crippen molar-refractivity contribution in [3.8, 4) is 11.1 Å². The molecule has 0 aliphatic heterocycles. The third kappa shape index (κ3) is 3.69. The highest BCUT2D eigenvalue weighted by Crippen LogP contribution is 2.35.